The summed E-state index contributed by atoms with van der Waals surface area (Å²) < 4.78 is 5.38. The van der Waals surface area contributed by atoms with Crippen LogP contribution >= 0.6 is 0 Å². The third kappa shape index (κ3) is 6.30. The van der Waals surface area contributed by atoms with Gasteiger partial charge in [0.1, 0.15) is 5.75 Å². The third-order valence-corrected chi connectivity index (χ3v) is 6.57. The fourth-order valence-corrected chi connectivity index (χ4v) is 4.55. The highest BCUT2D eigenvalue weighted by Gasteiger charge is 2.24. The summed E-state index contributed by atoms with van der Waals surface area (Å²) in [6.07, 6.45) is 3.00. The highest BCUT2D eigenvalue weighted by Crippen LogP contribution is 2.27. The Hall–Kier alpha value is -3.60. The zero-order chi connectivity index (χ0) is 24.8. The van der Waals surface area contributed by atoms with Crippen LogP contribution in [0.4, 0.5) is 0 Å². The molecule has 5 nitrogen and oxygen atoms in total. The number of rotatable bonds is 9. The van der Waals surface area contributed by atoms with Crippen molar-refractivity contribution in [3.05, 3.63) is 89.0 Å². The van der Waals surface area contributed by atoms with Crippen LogP contribution < -0.4 is 15.4 Å². The lowest BCUT2D eigenvalue weighted by Crippen LogP contribution is -2.36. The average molecular weight is 471 g/mol. The van der Waals surface area contributed by atoms with Crippen LogP contribution in [0.25, 0.3) is 11.1 Å². The molecule has 0 aliphatic heterocycles. The lowest BCUT2D eigenvalue weighted by Gasteiger charge is -2.17. The van der Waals surface area contributed by atoms with Gasteiger partial charge in [-0.1, -0.05) is 62.4 Å². The van der Waals surface area contributed by atoms with Gasteiger partial charge in [0.05, 0.1) is 7.11 Å². The van der Waals surface area contributed by atoms with Crippen LogP contribution in [0.15, 0.2) is 66.7 Å². The van der Waals surface area contributed by atoms with E-state index in [1.165, 1.54) is 11.1 Å². The van der Waals surface area contributed by atoms with Crippen molar-refractivity contribution < 1.29 is 14.3 Å². The van der Waals surface area contributed by atoms with Gasteiger partial charge in [-0.2, -0.15) is 0 Å². The molecular formula is C30H34N2O3. The van der Waals surface area contributed by atoms with Gasteiger partial charge in [-0.05, 0) is 71.2 Å². The molecule has 0 saturated carbocycles. The lowest BCUT2D eigenvalue weighted by molar-refractivity contribution is -0.121. The number of nitrogens with one attached hydrogen (secondary N) is 2. The van der Waals surface area contributed by atoms with Crippen molar-refractivity contribution in [2.75, 3.05) is 7.11 Å². The van der Waals surface area contributed by atoms with E-state index >= 15 is 0 Å². The van der Waals surface area contributed by atoms with E-state index in [1.54, 1.807) is 7.11 Å². The molecule has 2 N–H and O–H groups in total. The minimum Gasteiger partial charge on any atom is -0.497 e. The van der Waals surface area contributed by atoms with E-state index in [2.05, 4.69) is 36.6 Å². The second kappa shape index (κ2) is 11.2. The molecule has 3 aromatic carbocycles. The zero-order valence-corrected chi connectivity index (χ0v) is 20.8. The van der Waals surface area contributed by atoms with Crippen molar-refractivity contribution in [2.24, 2.45) is 5.92 Å². The number of fused-ring (bicyclic) bond motifs is 1. The number of benzene rings is 3. The molecule has 0 atom stereocenters. The maximum atomic E-state index is 13.5. The Labute approximate surface area is 207 Å². The fraction of sp³-hybridized carbons (Fsp3) is 0.333. The largest absolute Gasteiger partial charge is 0.497 e. The Morgan fingerprint density at radius 1 is 0.943 bits per heavy atom. The molecule has 0 saturated heterocycles. The maximum absolute atomic E-state index is 13.5. The van der Waals surface area contributed by atoms with Crippen molar-refractivity contribution in [1.29, 1.82) is 0 Å². The highest BCUT2D eigenvalue weighted by atomic mass is 16.5. The van der Waals surface area contributed by atoms with Gasteiger partial charge < -0.3 is 15.4 Å². The summed E-state index contributed by atoms with van der Waals surface area (Å²) in [5.74, 6) is 1.13. The van der Waals surface area contributed by atoms with Crippen LogP contribution in [-0.2, 0) is 24.2 Å². The molecule has 4 rings (SSSR count). The number of ether oxygens (including phenoxy) is 1. The van der Waals surface area contributed by atoms with Gasteiger partial charge in [-0.3, -0.25) is 9.59 Å². The normalized spacial score (nSPS) is 12.9. The second-order valence-electron chi connectivity index (χ2n) is 9.66. The molecule has 0 heterocycles. The molecule has 5 heteroatoms. The summed E-state index contributed by atoms with van der Waals surface area (Å²) in [5, 5.41) is 6.23. The second-order valence-corrected chi connectivity index (χ2v) is 9.66. The van der Waals surface area contributed by atoms with Crippen LogP contribution in [-0.4, -0.2) is 25.0 Å². The fourth-order valence-electron chi connectivity index (χ4n) is 4.55. The van der Waals surface area contributed by atoms with Crippen LogP contribution in [0.5, 0.6) is 5.75 Å². The Morgan fingerprint density at radius 3 is 2.34 bits per heavy atom. The average Bonchev–Trinajstić information content (AvgIpc) is 3.28. The topological polar surface area (TPSA) is 67.4 Å². The van der Waals surface area contributed by atoms with E-state index in [0.29, 0.717) is 24.4 Å². The van der Waals surface area contributed by atoms with E-state index in [0.717, 1.165) is 41.7 Å². The van der Waals surface area contributed by atoms with Gasteiger partial charge >= 0.3 is 0 Å². The van der Waals surface area contributed by atoms with Crippen LogP contribution in [0, 0.1) is 5.92 Å². The highest BCUT2D eigenvalue weighted by molar-refractivity contribution is 5.97. The standard InChI is InChI=1S/C30H34N2O3/c1-20(2)11-14-29(33)31-19-25-13-12-24(23-9-6-10-27(17-23)35-3)18-28(25)30(34)32-26-15-21-7-4-5-8-22(21)16-26/h4-10,12-13,17-18,20,26H,11,14-16,19H2,1-3H3,(H,31,33)(H,32,34). The van der Waals surface area contributed by atoms with Crippen molar-refractivity contribution in [1.82, 2.24) is 10.6 Å². The summed E-state index contributed by atoms with van der Waals surface area (Å²) in [6, 6.07) is 22.0. The number of amides is 2. The smallest absolute Gasteiger partial charge is 0.251 e. The first kappa shape index (κ1) is 24.5. The molecule has 0 fully saturated rings. The molecule has 0 aromatic heterocycles. The van der Waals surface area contributed by atoms with E-state index in [1.807, 2.05) is 54.6 Å². The molecule has 0 bridgehead atoms. The van der Waals surface area contributed by atoms with Gasteiger partial charge in [-0.25, -0.2) is 0 Å². The van der Waals surface area contributed by atoms with Crippen molar-refractivity contribution >= 4 is 11.8 Å². The predicted octanol–water partition coefficient (Wildman–Crippen LogP) is 5.31. The van der Waals surface area contributed by atoms with Gasteiger partial charge in [0.2, 0.25) is 5.91 Å². The summed E-state index contributed by atoms with van der Waals surface area (Å²) in [4.78, 5) is 25.8. The van der Waals surface area contributed by atoms with Gasteiger partial charge in [-0.15, -0.1) is 0 Å². The van der Waals surface area contributed by atoms with Gasteiger partial charge in [0.25, 0.3) is 5.91 Å². The van der Waals surface area contributed by atoms with Crippen molar-refractivity contribution in [3.63, 3.8) is 0 Å². The first-order valence-electron chi connectivity index (χ1n) is 12.3. The summed E-state index contributed by atoms with van der Waals surface area (Å²) in [6.45, 7) is 4.53. The van der Waals surface area contributed by atoms with E-state index in [9.17, 15) is 9.59 Å². The van der Waals surface area contributed by atoms with Gasteiger partial charge in [0.15, 0.2) is 0 Å². The lowest BCUT2D eigenvalue weighted by atomic mass is 9.97. The van der Waals surface area contributed by atoms with Gasteiger partial charge in [0, 0.05) is 24.6 Å². The molecule has 1 aliphatic carbocycles. The number of hydrogen-bond acceptors (Lipinski definition) is 3. The molecule has 3 aromatic rings. The molecular weight excluding hydrogens is 436 g/mol. The van der Waals surface area contributed by atoms with Crippen LogP contribution in [0.3, 0.4) is 0 Å². The Balaban J connectivity index is 1.55. The number of carbonyl (C=O) groups excluding carboxylic acids is 2. The molecule has 35 heavy (non-hydrogen) atoms. The molecule has 2 amide bonds. The van der Waals surface area contributed by atoms with E-state index in [-0.39, 0.29) is 17.9 Å². The van der Waals surface area contributed by atoms with Crippen molar-refractivity contribution in [3.8, 4) is 16.9 Å². The first-order chi connectivity index (χ1) is 16.9. The molecule has 0 unspecified atom stereocenters. The first-order valence-corrected chi connectivity index (χ1v) is 12.3. The zero-order valence-electron chi connectivity index (χ0n) is 20.8. The SMILES string of the molecule is COc1cccc(-c2ccc(CNC(=O)CCC(C)C)c(C(=O)NC3Cc4ccccc4C3)c2)c1. The Kier molecular flexibility index (Phi) is 7.86. The number of methoxy groups -OCH3 is 1. The number of hydrogen-bond donors (Lipinski definition) is 2. The van der Waals surface area contributed by atoms with Crippen LogP contribution in [0.1, 0.15) is 53.7 Å². The summed E-state index contributed by atoms with van der Waals surface area (Å²) in [5.41, 5.74) is 5.88. The molecule has 0 spiro atoms. The monoisotopic (exact) mass is 470 g/mol. The minimum absolute atomic E-state index is 0.00757. The molecule has 1 aliphatic rings. The Bertz CT molecular complexity index is 1180. The number of carbonyl (C=O) groups is 2. The van der Waals surface area contributed by atoms with Crippen molar-refractivity contribution in [2.45, 2.75) is 52.1 Å². The Morgan fingerprint density at radius 2 is 1.66 bits per heavy atom. The summed E-state index contributed by atoms with van der Waals surface area (Å²) in [7, 11) is 1.64. The molecule has 182 valence electrons. The minimum atomic E-state index is -0.112. The third-order valence-electron chi connectivity index (χ3n) is 6.57. The van der Waals surface area contributed by atoms with Crippen LogP contribution in [0.2, 0.25) is 0 Å². The van der Waals surface area contributed by atoms with E-state index < -0.39 is 0 Å². The van der Waals surface area contributed by atoms with E-state index in [4.69, 9.17) is 4.74 Å². The molecule has 0 radical (unpaired) electrons. The quantitative estimate of drug-likeness (QED) is 0.445. The predicted molar refractivity (Wildman–Crippen MR) is 139 cm³/mol. The maximum Gasteiger partial charge on any atom is 0.251 e. The summed E-state index contributed by atoms with van der Waals surface area (Å²) >= 11 is 0.